The van der Waals surface area contributed by atoms with Gasteiger partial charge >= 0.3 is 0 Å². The number of rotatable bonds is 1. The lowest BCUT2D eigenvalue weighted by atomic mass is 10.4. The molecule has 0 bridgehead atoms. The van der Waals surface area contributed by atoms with Crippen LogP contribution in [0.4, 0.5) is 0 Å². The summed E-state index contributed by atoms with van der Waals surface area (Å²) in [6.45, 7) is 0. The molecule has 0 aromatic heterocycles. The van der Waals surface area contributed by atoms with E-state index in [4.69, 9.17) is 4.55 Å². The Morgan fingerprint density at radius 2 is 1.92 bits per heavy atom. The zero-order valence-corrected chi connectivity index (χ0v) is 7.13. The molecule has 0 aliphatic heterocycles. The molecule has 0 heterocycles. The van der Waals surface area contributed by atoms with E-state index in [9.17, 15) is 8.42 Å². The summed E-state index contributed by atoms with van der Waals surface area (Å²) in [4.78, 5) is -0.00579. The molecular formula is C7H9NO3S. The SMILES string of the molecule is N.O=S(=O)(O)c1ccc2c(c1)C2. The summed E-state index contributed by atoms with van der Waals surface area (Å²) < 4.78 is 29.7. The summed E-state index contributed by atoms with van der Waals surface area (Å²) in [5.41, 5.74) is 2.18. The lowest BCUT2D eigenvalue weighted by Crippen LogP contribution is -1.96. The normalized spacial score (nSPS) is 13.1. The van der Waals surface area contributed by atoms with Crippen molar-refractivity contribution in [1.29, 1.82) is 0 Å². The van der Waals surface area contributed by atoms with Crippen molar-refractivity contribution >= 4 is 10.1 Å². The minimum Gasteiger partial charge on any atom is -0.344 e. The van der Waals surface area contributed by atoms with E-state index in [0.29, 0.717) is 0 Å². The van der Waals surface area contributed by atoms with Crippen molar-refractivity contribution in [3.63, 3.8) is 0 Å². The maximum Gasteiger partial charge on any atom is 0.294 e. The summed E-state index contributed by atoms with van der Waals surface area (Å²) in [5, 5.41) is 0. The van der Waals surface area contributed by atoms with E-state index in [1.807, 2.05) is 0 Å². The zero-order valence-electron chi connectivity index (χ0n) is 6.32. The van der Waals surface area contributed by atoms with Gasteiger partial charge < -0.3 is 6.15 Å². The highest BCUT2D eigenvalue weighted by Crippen LogP contribution is 2.29. The van der Waals surface area contributed by atoms with Gasteiger partial charge in [0.15, 0.2) is 0 Å². The first-order valence-corrected chi connectivity index (χ1v) is 4.61. The van der Waals surface area contributed by atoms with E-state index >= 15 is 0 Å². The second-order valence-corrected chi connectivity index (χ2v) is 4.00. The zero-order chi connectivity index (χ0) is 8.06. The van der Waals surface area contributed by atoms with Crippen LogP contribution in [0, 0.1) is 0 Å². The van der Waals surface area contributed by atoms with Crippen LogP contribution < -0.4 is 6.15 Å². The molecule has 66 valence electrons. The number of fused-ring (bicyclic) bond motifs is 1. The Morgan fingerprint density at radius 3 is 2.42 bits per heavy atom. The molecule has 1 aliphatic carbocycles. The predicted octanol–water partition coefficient (Wildman–Crippen LogP) is 1.000. The molecule has 4 nitrogen and oxygen atoms in total. The van der Waals surface area contributed by atoms with Gasteiger partial charge in [0.1, 0.15) is 0 Å². The molecule has 0 amide bonds. The maximum atomic E-state index is 10.6. The molecule has 0 saturated carbocycles. The van der Waals surface area contributed by atoms with E-state index in [1.165, 1.54) is 12.1 Å². The van der Waals surface area contributed by atoms with Crippen molar-refractivity contribution in [2.75, 3.05) is 0 Å². The van der Waals surface area contributed by atoms with Crippen molar-refractivity contribution in [3.05, 3.63) is 29.3 Å². The summed E-state index contributed by atoms with van der Waals surface area (Å²) in [6, 6.07) is 4.64. The van der Waals surface area contributed by atoms with Crippen LogP contribution in [0.1, 0.15) is 11.1 Å². The molecule has 1 aromatic rings. The molecule has 12 heavy (non-hydrogen) atoms. The Morgan fingerprint density at radius 1 is 1.25 bits per heavy atom. The minimum atomic E-state index is -3.99. The van der Waals surface area contributed by atoms with E-state index in [0.717, 1.165) is 17.5 Å². The number of hydrogen-bond donors (Lipinski definition) is 2. The third-order valence-electron chi connectivity index (χ3n) is 1.73. The van der Waals surface area contributed by atoms with Crippen LogP contribution in [-0.2, 0) is 16.5 Å². The van der Waals surface area contributed by atoms with Crippen LogP contribution in [0.2, 0.25) is 0 Å². The van der Waals surface area contributed by atoms with Gasteiger partial charge in [-0.3, -0.25) is 4.55 Å². The Labute approximate surface area is 70.6 Å². The van der Waals surface area contributed by atoms with E-state index in [2.05, 4.69) is 0 Å². The minimum absolute atomic E-state index is 0. The second kappa shape index (κ2) is 2.55. The molecule has 4 N–H and O–H groups in total. The smallest absolute Gasteiger partial charge is 0.294 e. The lowest BCUT2D eigenvalue weighted by molar-refractivity contribution is 0.483. The average molecular weight is 187 g/mol. The fourth-order valence-electron chi connectivity index (χ4n) is 1.03. The molecule has 0 unspecified atom stereocenters. The van der Waals surface area contributed by atoms with Crippen LogP contribution in [0.25, 0.3) is 0 Å². The van der Waals surface area contributed by atoms with Crippen molar-refractivity contribution in [3.8, 4) is 0 Å². The highest BCUT2D eigenvalue weighted by Gasteiger charge is 2.19. The summed E-state index contributed by atoms with van der Waals surface area (Å²) >= 11 is 0. The van der Waals surface area contributed by atoms with E-state index in [-0.39, 0.29) is 11.0 Å². The number of benzene rings is 1. The highest BCUT2D eigenvalue weighted by atomic mass is 32.2. The second-order valence-electron chi connectivity index (χ2n) is 2.58. The van der Waals surface area contributed by atoms with Crippen molar-refractivity contribution in [1.82, 2.24) is 6.15 Å². The molecule has 0 saturated heterocycles. The van der Waals surface area contributed by atoms with Crippen LogP contribution in [0.15, 0.2) is 23.1 Å². The van der Waals surface area contributed by atoms with Crippen molar-refractivity contribution in [2.45, 2.75) is 11.3 Å². The lowest BCUT2D eigenvalue weighted by Gasteiger charge is -1.91. The van der Waals surface area contributed by atoms with Gasteiger partial charge in [0.05, 0.1) is 4.90 Å². The molecule has 0 spiro atoms. The Balaban J connectivity index is 0.000000720. The van der Waals surface area contributed by atoms with Gasteiger partial charge in [-0.2, -0.15) is 8.42 Å². The Hall–Kier alpha value is -0.910. The maximum absolute atomic E-state index is 10.6. The quantitative estimate of drug-likeness (QED) is 0.652. The Kier molecular flexibility index (Phi) is 1.95. The third-order valence-corrected chi connectivity index (χ3v) is 2.58. The molecule has 5 heteroatoms. The van der Waals surface area contributed by atoms with Gasteiger partial charge in [-0.15, -0.1) is 0 Å². The highest BCUT2D eigenvalue weighted by molar-refractivity contribution is 7.85. The molecule has 2 rings (SSSR count). The van der Waals surface area contributed by atoms with Gasteiger partial charge in [-0.05, 0) is 29.7 Å². The van der Waals surface area contributed by atoms with Gasteiger partial charge in [-0.25, -0.2) is 0 Å². The van der Waals surface area contributed by atoms with Crippen LogP contribution in [-0.4, -0.2) is 13.0 Å². The van der Waals surface area contributed by atoms with Crippen LogP contribution in [0.3, 0.4) is 0 Å². The fraction of sp³-hybridized carbons (Fsp3) is 0.143. The van der Waals surface area contributed by atoms with E-state index in [1.54, 1.807) is 6.07 Å². The summed E-state index contributed by atoms with van der Waals surface area (Å²) in [5.74, 6) is 0. The Bertz CT molecular complexity index is 411. The van der Waals surface area contributed by atoms with Crippen molar-refractivity contribution in [2.24, 2.45) is 0 Å². The van der Waals surface area contributed by atoms with Crippen molar-refractivity contribution < 1.29 is 13.0 Å². The van der Waals surface area contributed by atoms with Crippen LogP contribution >= 0.6 is 0 Å². The third kappa shape index (κ3) is 1.47. The average Bonchev–Trinajstić information content (AvgIpc) is 2.60. The molecule has 0 radical (unpaired) electrons. The first-order chi connectivity index (χ1) is 5.07. The first-order valence-electron chi connectivity index (χ1n) is 3.17. The fourth-order valence-corrected chi connectivity index (χ4v) is 1.56. The molecular weight excluding hydrogens is 178 g/mol. The first kappa shape index (κ1) is 9.18. The van der Waals surface area contributed by atoms with Crippen LogP contribution in [0.5, 0.6) is 0 Å². The number of hydrogen-bond acceptors (Lipinski definition) is 3. The van der Waals surface area contributed by atoms with Gasteiger partial charge in [-0.1, -0.05) is 6.07 Å². The molecule has 1 aliphatic rings. The van der Waals surface area contributed by atoms with Gasteiger partial charge in [0.25, 0.3) is 10.1 Å². The summed E-state index contributed by atoms with van der Waals surface area (Å²) in [6.07, 6.45) is 0.857. The summed E-state index contributed by atoms with van der Waals surface area (Å²) in [7, 11) is -3.99. The van der Waals surface area contributed by atoms with Gasteiger partial charge in [0.2, 0.25) is 0 Å². The monoisotopic (exact) mass is 187 g/mol. The van der Waals surface area contributed by atoms with E-state index < -0.39 is 10.1 Å². The molecule has 1 aromatic carbocycles. The standard InChI is InChI=1S/C7H6O3S.H3N/c8-11(9,10)7-2-1-5-3-6(5)4-7;/h1-2,4H,3H2,(H,8,9,10);1H3. The topological polar surface area (TPSA) is 89.4 Å². The molecule has 0 atom stereocenters. The predicted molar refractivity (Wildman–Crippen MR) is 44.1 cm³/mol. The largest absolute Gasteiger partial charge is 0.344 e. The molecule has 0 fully saturated rings. The van der Waals surface area contributed by atoms with Gasteiger partial charge in [0, 0.05) is 0 Å².